The van der Waals surface area contributed by atoms with Crippen LogP contribution in [-0.2, 0) is 11.3 Å². The summed E-state index contributed by atoms with van der Waals surface area (Å²) in [5, 5.41) is 3.48. The summed E-state index contributed by atoms with van der Waals surface area (Å²) in [5.41, 5.74) is 10.1. The normalized spacial score (nSPS) is 21.2. The van der Waals surface area contributed by atoms with Crippen LogP contribution in [0.25, 0.3) is 0 Å². The van der Waals surface area contributed by atoms with Crippen molar-refractivity contribution in [1.82, 2.24) is 0 Å². The fraction of sp³-hybridized carbons (Fsp3) is 0.368. The summed E-state index contributed by atoms with van der Waals surface area (Å²) in [7, 11) is 0. The zero-order valence-corrected chi connectivity index (χ0v) is 13.8. The van der Waals surface area contributed by atoms with E-state index in [1.165, 1.54) is 11.3 Å². The predicted octanol–water partition coefficient (Wildman–Crippen LogP) is 3.49. The van der Waals surface area contributed by atoms with Gasteiger partial charge in [-0.15, -0.1) is 0 Å². The lowest BCUT2D eigenvalue weighted by molar-refractivity contribution is -0.00521. The first-order chi connectivity index (χ1) is 11.1. The van der Waals surface area contributed by atoms with Gasteiger partial charge in [0.1, 0.15) is 0 Å². The second kappa shape index (κ2) is 6.92. The fourth-order valence-corrected chi connectivity index (χ4v) is 3.04. The maximum absolute atomic E-state index is 5.82. The Morgan fingerprint density at radius 1 is 1.09 bits per heavy atom. The van der Waals surface area contributed by atoms with Crippen molar-refractivity contribution in [1.29, 1.82) is 0 Å². The average molecular weight is 311 g/mol. The van der Waals surface area contributed by atoms with Gasteiger partial charge in [0.05, 0.1) is 12.2 Å². The lowest BCUT2D eigenvalue weighted by atomic mass is 10.1. The fourth-order valence-electron chi connectivity index (χ4n) is 3.04. The standard InChI is InChI=1S/C19H25N3O/c1-14-12-22(13-15(2)23-14)19-5-3-4-18(10-19)21-11-16-6-8-17(20)9-7-16/h3-10,14-15,21H,11-13,20H2,1-2H3/t14-,15+. The van der Waals surface area contributed by atoms with Gasteiger partial charge in [-0.3, -0.25) is 0 Å². The molecule has 1 heterocycles. The van der Waals surface area contributed by atoms with Gasteiger partial charge in [-0.05, 0) is 49.7 Å². The van der Waals surface area contributed by atoms with Crippen LogP contribution in [0.1, 0.15) is 19.4 Å². The number of nitrogens with one attached hydrogen (secondary N) is 1. The van der Waals surface area contributed by atoms with Gasteiger partial charge in [-0.1, -0.05) is 18.2 Å². The monoisotopic (exact) mass is 311 g/mol. The lowest BCUT2D eigenvalue weighted by Crippen LogP contribution is -2.45. The van der Waals surface area contributed by atoms with Crippen molar-refractivity contribution in [2.75, 3.05) is 29.0 Å². The van der Waals surface area contributed by atoms with E-state index < -0.39 is 0 Å². The SMILES string of the molecule is C[C@@H]1CN(c2cccc(NCc3ccc(N)cc3)c2)C[C@H](C)O1. The minimum absolute atomic E-state index is 0.269. The van der Waals surface area contributed by atoms with Gasteiger partial charge >= 0.3 is 0 Å². The molecule has 0 saturated carbocycles. The second-order valence-electron chi connectivity index (χ2n) is 6.31. The van der Waals surface area contributed by atoms with Crippen LogP contribution < -0.4 is 16.0 Å². The molecule has 0 aliphatic carbocycles. The van der Waals surface area contributed by atoms with Crippen molar-refractivity contribution in [3.05, 3.63) is 54.1 Å². The van der Waals surface area contributed by atoms with Gasteiger partial charge < -0.3 is 20.7 Å². The van der Waals surface area contributed by atoms with Gasteiger partial charge in [-0.2, -0.15) is 0 Å². The van der Waals surface area contributed by atoms with Crippen LogP contribution in [0.5, 0.6) is 0 Å². The number of hydrogen-bond donors (Lipinski definition) is 2. The van der Waals surface area contributed by atoms with Gasteiger partial charge in [0.2, 0.25) is 0 Å². The number of anilines is 3. The number of morpholine rings is 1. The van der Waals surface area contributed by atoms with Crippen molar-refractivity contribution in [3.63, 3.8) is 0 Å². The highest BCUT2D eigenvalue weighted by Crippen LogP contribution is 2.23. The Morgan fingerprint density at radius 2 is 1.78 bits per heavy atom. The largest absolute Gasteiger partial charge is 0.399 e. The van der Waals surface area contributed by atoms with Crippen LogP contribution in [0.2, 0.25) is 0 Å². The molecule has 1 saturated heterocycles. The third-order valence-corrected chi connectivity index (χ3v) is 4.11. The Balaban J connectivity index is 1.66. The Hall–Kier alpha value is -2.20. The lowest BCUT2D eigenvalue weighted by Gasteiger charge is -2.37. The maximum atomic E-state index is 5.82. The number of nitrogen functional groups attached to an aromatic ring is 1. The molecule has 1 aliphatic heterocycles. The quantitative estimate of drug-likeness (QED) is 0.849. The highest BCUT2D eigenvalue weighted by atomic mass is 16.5. The second-order valence-corrected chi connectivity index (χ2v) is 6.31. The highest BCUT2D eigenvalue weighted by molar-refractivity contribution is 5.58. The smallest absolute Gasteiger partial charge is 0.0726 e. The van der Waals surface area contributed by atoms with Crippen LogP contribution in [0.15, 0.2) is 48.5 Å². The van der Waals surface area contributed by atoms with E-state index in [0.717, 1.165) is 31.0 Å². The summed E-state index contributed by atoms with van der Waals surface area (Å²) in [4.78, 5) is 2.40. The van der Waals surface area contributed by atoms with E-state index in [2.05, 4.69) is 60.5 Å². The summed E-state index contributed by atoms with van der Waals surface area (Å²) in [5.74, 6) is 0. The van der Waals surface area contributed by atoms with Crippen LogP contribution in [0.3, 0.4) is 0 Å². The molecule has 0 spiro atoms. The molecule has 2 aromatic rings. The molecular formula is C19H25N3O. The average Bonchev–Trinajstić information content (AvgIpc) is 2.54. The maximum Gasteiger partial charge on any atom is 0.0726 e. The molecule has 1 aliphatic rings. The zero-order valence-electron chi connectivity index (χ0n) is 13.8. The van der Waals surface area contributed by atoms with E-state index >= 15 is 0 Å². The Bertz CT molecular complexity index is 631. The Labute approximate surface area is 138 Å². The van der Waals surface area contributed by atoms with Gasteiger partial charge in [0.15, 0.2) is 0 Å². The molecule has 0 bridgehead atoms. The summed E-state index contributed by atoms with van der Waals surface area (Å²) in [6.07, 6.45) is 0.537. The Morgan fingerprint density at radius 3 is 2.48 bits per heavy atom. The van der Waals surface area contributed by atoms with Crippen molar-refractivity contribution < 1.29 is 4.74 Å². The molecule has 0 radical (unpaired) electrons. The van der Waals surface area contributed by atoms with Crippen LogP contribution in [-0.4, -0.2) is 25.3 Å². The van der Waals surface area contributed by atoms with E-state index in [0.29, 0.717) is 0 Å². The molecule has 0 amide bonds. The van der Waals surface area contributed by atoms with Crippen molar-refractivity contribution in [3.8, 4) is 0 Å². The molecule has 3 N–H and O–H groups in total. The van der Waals surface area contributed by atoms with E-state index in [-0.39, 0.29) is 12.2 Å². The third kappa shape index (κ3) is 4.17. The van der Waals surface area contributed by atoms with Crippen molar-refractivity contribution in [2.24, 2.45) is 0 Å². The Kier molecular flexibility index (Phi) is 4.72. The van der Waals surface area contributed by atoms with Crippen molar-refractivity contribution in [2.45, 2.75) is 32.6 Å². The topological polar surface area (TPSA) is 50.5 Å². The minimum atomic E-state index is 0.269. The van der Waals surface area contributed by atoms with E-state index in [9.17, 15) is 0 Å². The third-order valence-electron chi connectivity index (χ3n) is 4.11. The van der Waals surface area contributed by atoms with Crippen molar-refractivity contribution >= 4 is 17.1 Å². The number of benzene rings is 2. The number of hydrogen-bond acceptors (Lipinski definition) is 4. The van der Waals surface area contributed by atoms with Gasteiger partial charge in [-0.25, -0.2) is 0 Å². The van der Waals surface area contributed by atoms with Crippen LogP contribution >= 0.6 is 0 Å². The summed E-state index contributed by atoms with van der Waals surface area (Å²) in [6.45, 7) is 6.93. The molecule has 1 fully saturated rings. The first-order valence-electron chi connectivity index (χ1n) is 8.19. The number of nitrogens with zero attached hydrogens (tertiary/aromatic N) is 1. The molecule has 0 unspecified atom stereocenters. The number of ether oxygens (including phenoxy) is 1. The summed E-state index contributed by atoms with van der Waals surface area (Å²) < 4.78 is 5.82. The van der Waals surface area contributed by atoms with E-state index in [1.54, 1.807) is 0 Å². The first-order valence-corrected chi connectivity index (χ1v) is 8.19. The van der Waals surface area contributed by atoms with E-state index in [1.807, 2.05) is 12.1 Å². The molecular weight excluding hydrogens is 286 g/mol. The van der Waals surface area contributed by atoms with Crippen LogP contribution in [0, 0.1) is 0 Å². The molecule has 4 heteroatoms. The number of rotatable bonds is 4. The number of nitrogens with two attached hydrogens (primary N) is 1. The van der Waals surface area contributed by atoms with E-state index in [4.69, 9.17) is 10.5 Å². The van der Waals surface area contributed by atoms with Crippen LogP contribution in [0.4, 0.5) is 17.1 Å². The first kappa shape index (κ1) is 15.7. The predicted molar refractivity (Wildman–Crippen MR) is 96.8 cm³/mol. The summed E-state index contributed by atoms with van der Waals surface area (Å²) in [6, 6.07) is 16.6. The molecule has 3 rings (SSSR count). The molecule has 2 atom stereocenters. The molecule has 23 heavy (non-hydrogen) atoms. The minimum Gasteiger partial charge on any atom is -0.399 e. The summed E-state index contributed by atoms with van der Waals surface area (Å²) >= 11 is 0. The van der Waals surface area contributed by atoms with Gasteiger partial charge in [0, 0.05) is 36.7 Å². The molecule has 4 nitrogen and oxygen atoms in total. The molecule has 0 aromatic heterocycles. The molecule has 122 valence electrons. The molecule has 2 aromatic carbocycles. The zero-order chi connectivity index (χ0) is 16.2. The van der Waals surface area contributed by atoms with Gasteiger partial charge in [0.25, 0.3) is 0 Å². The highest BCUT2D eigenvalue weighted by Gasteiger charge is 2.22.